The summed E-state index contributed by atoms with van der Waals surface area (Å²) in [6.45, 7) is 0.0433. The van der Waals surface area contributed by atoms with Gasteiger partial charge in [-0.3, -0.25) is 29.8 Å². The highest BCUT2D eigenvalue weighted by atomic mass is 16.6. The Labute approximate surface area is 117 Å². The first-order chi connectivity index (χ1) is 9.81. The minimum Gasteiger partial charge on any atom is -0.481 e. The third kappa shape index (κ3) is 4.86. The highest BCUT2D eigenvalue weighted by Gasteiger charge is 2.19. The van der Waals surface area contributed by atoms with Gasteiger partial charge in [-0.15, -0.1) is 0 Å². The molecule has 1 aromatic rings. The van der Waals surface area contributed by atoms with Crippen LogP contribution in [-0.2, 0) is 4.79 Å². The maximum atomic E-state index is 11.7. The van der Waals surface area contributed by atoms with Crippen LogP contribution >= 0.6 is 0 Å². The molecular formula is C11H11N3O7. The molecule has 1 rings (SSSR count). The topological polar surface area (TPSA) is 153 Å². The third-order valence-corrected chi connectivity index (χ3v) is 2.44. The normalized spacial score (nSPS) is 9.90. The standard InChI is InChI=1S/C11H11N3O7/c15-10(16)2-1-3-12-11(17)7-4-8(13(18)19)6-9(5-7)14(20)21/h4-6H,1-3H2,(H,12,17)(H,15,16). The lowest BCUT2D eigenvalue weighted by molar-refractivity contribution is -0.394. The van der Waals surface area contributed by atoms with Gasteiger partial charge in [-0.1, -0.05) is 0 Å². The average Bonchev–Trinajstić information content (AvgIpc) is 2.42. The molecule has 1 amide bonds. The molecule has 0 saturated heterocycles. The van der Waals surface area contributed by atoms with Crippen molar-refractivity contribution in [3.63, 3.8) is 0 Å². The molecule has 0 aromatic heterocycles. The van der Waals surface area contributed by atoms with Crippen LogP contribution in [0.4, 0.5) is 11.4 Å². The van der Waals surface area contributed by atoms with Crippen LogP contribution in [-0.4, -0.2) is 33.4 Å². The summed E-state index contributed by atoms with van der Waals surface area (Å²) in [5, 5.41) is 32.1. The van der Waals surface area contributed by atoms with Gasteiger partial charge in [0.2, 0.25) is 0 Å². The van der Waals surface area contributed by atoms with E-state index >= 15 is 0 Å². The van der Waals surface area contributed by atoms with Crippen LogP contribution in [0, 0.1) is 20.2 Å². The molecule has 0 fully saturated rings. The van der Waals surface area contributed by atoms with Gasteiger partial charge in [0.25, 0.3) is 17.3 Å². The third-order valence-electron chi connectivity index (χ3n) is 2.44. The smallest absolute Gasteiger partial charge is 0.303 e. The second-order valence-electron chi connectivity index (χ2n) is 4.01. The first-order valence-electron chi connectivity index (χ1n) is 5.75. The Hall–Kier alpha value is -3.04. The first-order valence-corrected chi connectivity index (χ1v) is 5.75. The van der Waals surface area contributed by atoms with Gasteiger partial charge in [-0.2, -0.15) is 0 Å². The highest BCUT2D eigenvalue weighted by molar-refractivity contribution is 5.95. The molecular weight excluding hydrogens is 286 g/mol. The molecule has 0 atom stereocenters. The number of hydrogen-bond acceptors (Lipinski definition) is 6. The van der Waals surface area contributed by atoms with Crippen LogP contribution in [0.1, 0.15) is 23.2 Å². The SMILES string of the molecule is O=C(O)CCCNC(=O)c1cc([N+](=O)[O-])cc([N+](=O)[O-])c1. The number of aliphatic carboxylic acids is 1. The Morgan fingerprint density at radius 2 is 1.62 bits per heavy atom. The molecule has 0 heterocycles. The summed E-state index contributed by atoms with van der Waals surface area (Å²) in [5.41, 5.74) is -1.37. The summed E-state index contributed by atoms with van der Waals surface area (Å²) in [4.78, 5) is 41.7. The minimum absolute atomic E-state index is 0.0433. The summed E-state index contributed by atoms with van der Waals surface area (Å²) in [6.07, 6.45) is 0.0352. The van der Waals surface area contributed by atoms with Crippen molar-refractivity contribution in [3.05, 3.63) is 44.0 Å². The molecule has 0 aliphatic carbocycles. The molecule has 0 bridgehead atoms. The van der Waals surface area contributed by atoms with E-state index in [4.69, 9.17) is 5.11 Å². The van der Waals surface area contributed by atoms with Gasteiger partial charge in [-0.25, -0.2) is 0 Å². The van der Waals surface area contributed by atoms with E-state index in [2.05, 4.69) is 5.32 Å². The maximum absolute atomic E-state index is 11.7. The van der Waals surface area contributed by atoms with E-state index in [1.54, 1.807) is 0 Å². The van der Waals surface area contributed by atoms with Crippen molar-refractivity contribution in [1.29, 1.82) is 0 Å². The van der Waals surface area contributed by atoms with E-state index in [1.807, 2.05) is 0 Å². The van der Waals surface area contributed by atoms with Crippen LogP contribution in [0.3, 0.4) is 0 Å². The number of carboxylic acid groups (broad SMARTS) is 1. The van der Waals surface area contributed by atoms with Gasteiger partial charge < -0.3 is 10.4 Å². The predicted molar refractivity (Wildman–Crippen MR) is 69.0 cm³/mol. The van der Waals surface area contributed by atoms with Gasteiger partial charge in [0, 0.05) is 25.1 Å². The molecule has 0 aliphatic heterocycles. The fourth-order valence-electron chi connectivity index (χ4n) is 1.48. The molecule has 0 spiro atoms. The zero-order valence-corrected chi connectivity index (χ0v) is 10.6. The zero-order chi connectivity index (χ0) is 16.0. The van der Waals surface area contributed by atoms with E-state index in [-0.39, 0.29) is 24.9 Å². The van der Waals surface area contributed by atoms with E-state index in [1.165, 1.54) is 0 Å². The van der Waals surface area contributed by atoms with Crippen molar-refractivity contribution in [1.82, 2.24) is 5.32 Å². The molecule has 10 heteroatoms. The average molecular weight is 297 g/mol. The lowest BCUT2D eigenvalue weighted by atomic mass is 10.1. The molecule has 2 N–H and O–H groups in total. The first kappa shape index (κ1) is 16.0. The van der Waals surface area contributed by atoms with E-state index in [9.17, 15) is 29.8 Å². The number of carbonyl (C=O) groups excluding carboxylic acids is 1. The number of rotatable bonds is 7. The van der Waals surface area contributed by atoms with Crippen molar-refractivity contribution in [2.75, 3.05) is 6.54 Å². The van der Waals surface area contributed by atoms with E-state index < -0.39 is 33.1 Å². The monoisotopic (exact) mass is 297 g/mol. The summed E-state index contributed by atoms with van der Waals surface area (Å²) >= 11 is 0. The van der Waals surface area contributed by atoms with Crippen LogP contribution < -0.4 is 5.32 Å². The fraction of sp³-hybridized carbons (Fsp3) is 0.273. The van der Waals surface area contributed by atoms with Crippen molar-refractivity contribution in [3.8, 4) is 0 Å². The predicted octanol–water partition coefficient (Wildman–Crippen LogP) is 1.10. The largest absolute Gasteiger partial charge is 0.481 e. The van der Waals surface area contributed by atoms with Crippen LogP contribution in [0.25, 0.3) is 0 Å². The molecule has 0 unspecified atom stereocenters. The van der Waals surface area contributed by atoms with Gasteiger partial charge in [0.05, 0.1) is 21.5 Å². The molecule has 1 aromatic carbocycles. The molecule has 0 radical (unpaired) electrons. The molecule has 112 valence electrons. The van der Waals surface area contributed by atoms with Crippen LogP contribution in [0.2, 0.25) is 0 Å². The highest BCUT2D eigenvalue weighted by Crippen LogP contribution is 2.22. The summed E-state index contributed by atoms with van der Waals surface area (Å²) in [5.74, 6) is -1.76. The fourth-order valence-corrected chi connectivity index (χ4v) is 1.48. The molecule has 0 aliphatic rings. The zero-order valence-electron chi connectivity index (χ0n) is 10.6. The number of non-ortho nitro benzene ring substituents is 2. The second-order valence-corrected chi connectivity index (χ2v) is 4.01. The molecule has 21 heavy (non-hydrogen) atoms. The quantitative estimate of drug-likeness (QED) is 0.434. The minimum atomic E-state index is -1.02. The maximum Gasteiger partial charge on any atom is 0.303 e. The summed E-state index contributed by atoms with van der Waals surface area (Å²) < 4.78 is 0. The number of nitrogens with one attached hydrogen (secondary N) is 1. The number of benzene rings is 1. The van der Waals surface area contributed by atoms with Crippen LogP contribution in [0.5, 0.6) is 0 Å². The Bertz CT molecular complexity index is 567. The number of carboxylic acids is 1. The Balaban J connectivity index is 2.85. The van der Waals surface area contributed by atoms with Crippen LogP contribution in [0.15, 0.2) is 18.2 Å². The number of hydrogen-bond donors (Lipinski definition) is 2. The summed E-state index contributed by atoms with van der Waals surface area (Å²) in [7, 11) is 0. The lowest BCUT2D eigenvalue weighted by Gasteiger charge is -2.04. The Morgan fingerprint density at radius 1 is 1.10 bits per heavy atom. The summed E-state index contributed by atoms with van der Waals surface area (Å²) in [6, 6.07) is 2.58. The van der Waals surface area contributed by atoms with Crippen molar-refractivity contribution >= 4 is 23.3 Å². The number of nitro benzene ring substituents is 2. The van der Waals surface area contributed by atoms with Gasteiger partial charge in [0.1, 0.15) is 0 Å². The van der Waals surface area contributed by atoms with E-state index in [0.717, 1.165) is 18.2 Å². The number of carbonyl (C=O) groups is 2. The number of nitro groups is 2. The van der Waals surface area contributed by atoms with E-state index in [0.29, 0.717) is 0 Å². The lowest BCUT2D eigenvalue weighted by Crippen LogP contribution is -2.25. The van der Waals surface area contributed by atoms with Crippen molar-refractivity contribution in [2.45, 2.75) is 12.8 Å². The molecule has 0 saturated carbocycles. The molecule has 10 nitrogen and oxygen atoms in total. The number of nitrogens with zero attached hydrogens (tertiary/aromatic N) is 2. The van der Waals surface area contributed by atoms with Crippen molar-refractivity contribution < 1.29 is 24.5 Å². The van der Waals surface area contributed by atoms with Crippen molar-refractivity contribution in [2.24, 2.45) is 0 Å². The van der Waals surface area contributed by atoms with Gasteiger partial charge in [-0.05, 0) is 6.42 Å². The number of amides is 1. The Kier molecular flexibility index (Phi) is 5.29. The van der Waals surface area contributed by atoms with Gasteiger partial charge >= 0.3 is 5.97 Å². The Morgan fingerprint density at radius 3 is 2.05 bits per heavy atom. The second kappa shape index (κ2) is 6.93. The van der Waals surface area contributed by atoms with Gasteiger partial charge in [0.15, 0.2) is 0 Å².